The first-order valence-electron chi connectivity index (χ1n) is 16.7. The van der Waals surface area contributed by atoms with Gasteiger partial charge in [0.25, 0.3) is 5.91 Å². The predicted molar refractivity (Wildman–Crippen MR) is 174 cm³/mol. The number of benzene rings is 2. The van der Waals surface area contributed by atoms with Crippen LogP contribution < -0.4 is 5.32 Å². The minimum Gasteiger partial charge on any atom is -0.466 e. The number of carbonyl (C=O) groups excluding carboxylic acids is 3. The van der Waals surface area contributed by atoms with E-state index in [2.05, 4.69) is 17.3 Å². The van der Waals surface area contributed by atoms with Crippen LogP contribution in [-0.4, -0.2) is 46.9 Å². The topological polar surface area (TPSA) is 97.3 Å². The number of esters is 1. The Hall–Kier alpha value is -3.68. The summed E-state index contributed by atoms with van der Waals surface area (Å²) in [7, 11) is 0. The molecule has 0 saturated heterocycles. The lowest BCUT2D eigenvalue weighted by Crippen LogP contribution is -2.43. The van der Waals surface area contributed by atoms with Crippen LogP contribution in [0.5, 0.6) is 0 Å². The van der Waals surface area contributed by atoms with Crippen molar-refractivity contribution in [2.75, 3.05) is 6.61 Å². The number of hydrogen-bond acceptors (Lipinski definition) is 6. The van der Waals surface area contributed by atoms with Gasteiger partial charge >= 0.3 is 5.97 Å². The molecule has 1 N–H and O–H groups in total. The van der Waals surface area contributed by atoms with Crippen LogP contribution in [0.15, 0.2) is 59.7 Å². The summed E-state index contributed by atoms with van der Waals surface area (Å²) in [6.45, 7) is 8.12. The van der Waals surface area contributed by atoms with E-state index >= 15 is 0 Å². The number of amides is 2. The normalized spacial score (nSPS) is 19.6. The second kappa shape index (κ2) is 14.2. The molecule has 45 heavy (non-hydrogen) atoms. The molecule has 8 nitrogen and oxygen atoms in total. The molecule has 242 valence electrons. The highest BCUT2D eigenvalue weighted by molar-refractivity contribution is 5.97. The van der Waals surface area contributed by atoms with Gasteiger partial charge in [0.1, 0.15) is 5.60 Å². The van der Waals surface area contributed by atoms with E-state index < -0.39 is 5.60 Å². The van der Waals surface area contributed by atoms with Crippen molar-refractivity contribution in [3.05, 3.63) is 71.3 Å². The van der Waals surface area contributed by atoms with E-state index in [1.165, 1.54) is 5.01 Å². The second-order valence-electron chi connectivity index (χ2n) is 14.2. The van der Waals surface area contributed by atoms with Gasteiger partial charge in [0, 0.05) is 11.6 Å². The number of nitrogens with zero attached hydrogens (tertiary/aromatic N) is 2. The maximum Gasteiger partial charge on any atom is 0.312 e. The SMILES string of the molecule is CC(CCCC1(C(=O)OC(C)(C)C)CCC1)NC(=O)C(c1ccc(CN2N=C(c3ccccc3)OCC2=O)cc1)C1CCCC1. The van der Waals surface area contributed by atoms with Crippen LogP contribution in [0.25, 0.3) is 0 Å². The van der Waals surface area contributed by atoms with Gasteiger partial charge in [-0.05, 0) is 95.4 Å². The van der Waals surface area contributed by atoms with Crippen molar-refractivity contribution < 1.29 is 23.9 Å². The molecule has 1 aliphatic heterocycles. The quantitative estimate of drug-likeness (QED) is 0.263. The van der Waals surface area contributed by atoms with Crippen molar-refractivity contribution in [3.63, 3.8) is 0 Å². The van der Waals surface area contributed by atoms with Crippen LogP contribution in [0.3, 0.4) is 0 Å². The fraction of sp³-hybridized carbons (Fsp3) is 0.568. The standard InChI is InChI=1S/C37H49N3O5/c1-26(12-10-21-37(22-11-23-37)35(43)45-36(2,3)4)38-33(42)32(28-13-8-9-14-28)29-19-17-27(18-20-29)24-40-31(41)25-44-34(39-40)30-15-6-5-7-16-30/h5-7,15-20,26,28,32H,8-14,21-25H2,1-4H3,(H,38,42). The van der Waals surface area contributed by atoms with E-state index in [0.717, 1.165) is 80.9 Å². The third kappa shape index (κ3) is 8.33. The number of hydrazone groups is 1. The third-order valence-electron chi connectivity index (χ3n) is 9.50. The Morgan fingerprint density at radius 3 is 2.36 bits per heavy atom. The monoisotopic (exact) mass is 615 g/mol. The molecule has 2 fully saturated rings. The summed E-state index contributed by atoms with van der Waals surface area (Å²) in [6, 6.07) is 17.7. The van der Waals surface area contributed by atoms with Crippen LogP contribution >= 0.6 is 0 Å². The van der Waals surface area contributed by atoms with Crippen molar-refractivity contribution in [1.82, 2.24) is 10.3 Å². The van der Waals surface area contributed by atoms with Gasteiger partial charge in [-0.2, -0.15) is 0 Å². The molecule has 5 rings (SSSR count). The van der Waals surface area contributed by atoms with Gasteiger partial charge in [-0.15, -0.1) is 5.10 Å². The molecule has 2 unspecified atom stereocenters. The zero-order valence-electron chi connectivity index (χ0n) is 27.3. The minimum absolute atomic E-state index is 0.0143. The smallest absolute Gasteiger partial charge is 0.312 e. The van der Waals surface area contributed by atoms with Crippen LogP contribution in [-0.2, 0) is 30.4 Å². The molecule has 2 atom stereocenters. The highest BCUT2D eigenvalue weighted by Gasteiger charge is 2.46. The van der Waals surface area contributed by atoms with Crippen LogP contribution in [0.1, 0.15) is 115 Å². The first kappa shape index (κ1) is 32.7. The first-order valence-corrected chi connectivity index (χ1v) is 16.7. The van der Waals surface area contributed by atoms with Crippen molar-refractivity contribution in [2.45, 2.75) is 116 Å². The molecular formula is C37H49N3O5. The van der Waals surface area contributed by atoms with Gasteiger partial charge in [0.2, 0.25) is 11.8 Å². The summed E-state index contributed by atoms with van der Waals surface area (Å²) >= 11 is 0. The largest absolute Gasteiger partial charge is 0.466 e. The maximum absolute atomic E-state index is 13.8. The number of ether oxygens (including phenoxy) is 2. The van der Waals surface area contributed by atoms with Gasteiger partial charge in [0.05, 0.1) is 17.9 Å². The molecular weight excluding hydrogens is 566 g/mol. The second-order valence-corrected chi connectivity index (χ2v) is 14.2. The fourth-order valence-electron chi connectivity index (χ4n) is 6.87. The molecule has 2 aromatic rings. The van der Waals surface area contributed by atoms with Crippen molar-refractivity contribution in [2.24, 2.45) is 16.4 Å². The molecule has 2 aliphatic carbocycles. The Labute approximate surface area is 267 Å². The molecule has 3 aliphatic rings. The Kier molecular flexibility index (Phi) is 10.3. The Bertz CT molecular complexity index is 1350. The van der Waals surface area contributed by atoms with Crippen molar-refractivity contribution >= 4 is 23.7 Å². The van der Waals surface area contributed by atoms with Gasteiger partial charge in [-0.3, -0.25) is 14.4 Å². The van der Waals surface area contributed by atoms with E-state index in [1.807, 2.05) is 75.4 Å². The Balaban J connectivity index is 1.19. The summed E-state index contributed by atoms with van der Waals surface area (Å²) in [6.07, 6.45) is 9.74. The first-order chi connectivity index (χ1) is 21.5. The van der Waals surface area contributed by atoms with Gasteiger partial charge < -0.3 is 14.8 Å². The number of rotatable bonds is 12. The summed E-state index contributed by atoms with van der Waals surface area (Å²) in [5.74, 6) is 0.359. The lowest BCUT2D eigenvalue weighted by Gasteiger charge is -2.41. The van der Waals surface area contributed by atoms with Gasteiger partial charge in [0.15, 0.2) is 6.61 Å². The zero-order valence-corrected chi connectivity index (χ0v) is 27.3. The molecule has 0 bridgehead atoms. The number of carbonyl (C=O) groups is 3. The van der Waals surface area contributed by atoms with Crippen molar-refractivity contribution in [1.29, 1.82) is 0 Å². The molecule has 0 spiro atoms. The molecule has 0 aromatic heterocycles. The maximum atomic E-state index is 13.8. The molecule has 0 radical (unpaired) electrons. The molecule has 2 aromatic carbocycles. The minimum atomic E-state index is -0.478. The van der Waals surface area contributed by atoms with Gasteiger partial charge in [-0.1, -0.05) is 68.1 Å². The summed E-state index contributed by atoms with van der Waals surface area (Å²) in [5, 5.41) is 9.24. The van der Waals surface area contributed by atoms with Gasteiger partial charge in [-0.25, -0.2) is 5.01 Å². The lowest BCUT2D eigenvalue weighted by molar-refractivity contribution is -0.174. The van der Waals surface area contributed by atoms with E-state index in [4.69, 9.17) is 9.47 Å². The fourth-order valence-corrected chi connectivity index (χ4v) is 6.87. The Morgan fingerprint density at radius 1 is 1.04 bits per heavy atom. The summed E-state index contributed by atoms with van der Waals surface area (Å²) in [5.41, 5.74) is 1.95. The Morgan fingerprint density at radius 2 is 1.73 bits per heavy atom. The number of hydrogen-bond donors (Lipinski definition) is 1. The highest BCUT2D eigenvalue weighted by atomic mass is 16.6. The molecule has 8 heteroatoms. The summed E-state index contributed by atoms with van der Waals surface area (Å²) < 4.78 is 11.3. The summed E-state index contributed by atoms with van der Waals surface area (Å²) in [4.78, 5) is 39.3. The zero-order chi connectivity index (χ0) is 32.0. The van der Waals surface area contributed by atoms with Crippen LogP contribution in [0.2, 0.25) is 0 Å². The molecule has 2 amide bonds. The average Bonchev–Trinajstić information content (AvgIpc) is 3.50. The molecule has 1 heterocycles. The van der Waals surface area contributed by atoms with Crippen LogP contribution in [0.4, 0.5) is 0 Å². The van der Waals surface area contributed by atoms with E-state index in [-0.39, 0.29) is 41.8 Å². The van der Waals surface area contributed by atoms with E-state index in [1.54, 1.807) is 0 Å². The molecule has 2 saturated carbocycles. The van der Waals surface area contributed by atoms with Crippen molar-refractivity contribution in [3.8, 4) is 0 Å². The predicted octanol–water partition coefficient (Wildman–Crippen LogP) is 6.87. The van der Waals surface area contributed by atoms with Crippen LogP contribution in [0, 0.1) is 11.3 Å². The average molecular weight is 616 g/mol. The highest BCUT2D eigenvalue weighted by Crippen LogP contribution is 2.47. The van der Waals surface area contributed by atoms with E-state index in [9.17, 15) is 14.4 Å². The number of nitrogens with one attached hydrogen (secondary N) is 1. The van der Waals surface area contributed by atoms with E-state index in [0.29, 0.717) is 18.4 Å². The lowest BCUT2D eigenvalue weighted by atomic mass is 9.65. The third-order valence-corrected chi connectivity index (χ3v) is 9.50.